The van der Waals surface area contributed by atoms with E-state index in [4.69, 9.17) is 15.2 Å². The standard InChI is InChI=1S/C7H16N2O3/c1-11-4-5-12-3-2-9-7(10)6-8/h2-6,8H2,1H3,(H,9,10). The third-order valence-corrected chi connectivity index (χ3v) is 1.19. The molecule has 0 spiro atoms. The Morgan fingerprint density at radius 2 is 2.17 bits per heavy atom. The molecule has 1 amide bonds. The number of methoxy groups -OCH3 is 1. The van der Waals surface area contributed by atoms with Crippen LogP contribution in [0.25, 0.3) is 0 Å². The first-order valence-electron chi connectivity index (χ1n) is 3.84. The molecule has 5 heteroatoms. The molecule has 0 aliphatic heterocycles. The minimum atomic E-state index is -0.162. The number of nitrogens with one attached hydrogen (secondary N) is 1. The number of amides is 1. The van der Waals surface area contributed by atoms with E-state index in [0.717, 1.165) is 0 Å². The van der Waals surface area contributed by atoms with Crippen molar-refractivity contribution >= 4 is 5.91 Å². The van der Waals surface area contributed by atoms with Gasteiger partial charge in [0.15, 0.2) is 0 Å². The lowest BCUT2D eigenvalue weighted by Gasteiger charge is -2.04. The van der Waals surface area contributed by atoms with Gasteiger partial charge in [0.05, 0.1) is 26.4 Å². The Hall–Kier alpha value is -0.650. The number of rotatable bonds is 7. The van der Waals surface area contributed by atoms with Crippen molar-refractivity contribution in [1.29, 1.82) is 0 Å². The zero-order valence-corrected chi connectivity index (χ0v) is 7.34. The molecule has 0 atom stereocenters. The maximum Gasteiger partial charge on any atom is 0.233 e. The van der Waals surface area contributed by atoms with Crippen molar-refractivity contribution in [3.8, 4) is 0 Å². The summed E-state index contributed by atoms with van der Waals surface area (Å²) < 4.78 is 9.85. The number of hydrogen-bond acceptors (Lipinski definition) is 4. The fourth-order valence-corrected chi connectivity index (χ4v) is 0.579. The van der Waals surface area contributed by atoms with Crippen LogP contribution in [0.5, 0.6) is 0 Å². The minimum Gasteiger partial charge on any atom is -0.382 e. The van der Waals surface area contributed by atoms with Crippen LogP contribution in [-0.4, -0.2) is 45.9 Å². The van der Waals surface area contributed by atoms with Crippen LogP contribution in [0.1, 0.15) is 0 Å². The summed E-state index contributed by atoms with van der Waals surface area (Å²) in [6, 6.07) is 0. The number of hydrogen-bond donors (Lipinski definition) is 2. The highest BCUT2D eigenvalue weighted by atomic mass is 16.5. The van der Waals surface area contributed by atoms with E-state index >= 15 is 0 Å². The summed E-state index contributed by atoms with van der Waals surface area (Å²) in [5, 5.41) is 2.58. The lowest BCUT2D eigenvalue weighted by atomic mass is 10.5. The van der Waals surface area contributed by atoms with Crippen LogP contribution in [0, 0.1) is 0 Å². The van der Waals surface area contributed by atoms with Gasteiger partial charge >= 0.3 is 0 Å². The van der Waals surface area contributed by atoms with Gasteiger partial charge in [0, 0.05) is 13.7 Å². The smallest absolute Gasteiger partial charge is 0.233 e. The van der Waals surface area contributed by atoms with Gasteiger partial charge in [0.1, 0.15) is 0 Å². The summed E-state index contributed by atoms with van der Waals surface area (Å²) in [6.07, 6.45) is 0. The molecule has 0 bridgehead atoms. The fourth-order valence-electron chi connectivity index (χ4n) is 0.579. The summed E-state index contributed by atoms with van der Waals surface area (Å²) in [5.41, 5.74) is 5.06. The predicted molar refractivity (Wildman–Crippen MR) is 44.8 cm³/mol. The zero-order valence-electron chi connectivity index (χ0n) is 7.34. The number of nitrogens with two attached hydrogens (primary N) is 1. The van der Waals surface area contributed by atoms with Gasteiger partial charge in [-0.3, -0.25) is 4.79 Å². The molecule has 0 aromatic heterocycles. The normalized spacial score (nSPS) is 9.83. The van der Waals surface area contributed by atoms with E-state index in [0.29, 0.717) is 26.4 Å². The largest absolute Gasteiger partial charge is 0.382 e. The monoisotopic (exact) mass is 176 g/mol. The number of carbonyl (C=O) groups is 1. The van der Waals surface area contributed by atoms with E-state index in [2.05, 4.69) is 5.32 Å². The van der Waals surface area contributed by atoms with E-state index in [-0.39, 0.29) is 12.5 Å². The SMILES string of the molecule is COCCOCCNC(=O)CN. The highest BCUT2D eigenvalue weighted by Gasteiger charge is 1.94. The molecule has 72 valence electrons. The van der Waals surface area contributed by atoms with Gasteiger partial charge in [-0.2, -0.15) is 0 Å². The summed E-state index contributed by atoms with van der Waals surface area (Å²) in [4.78, 5) is 10.6. The molecule has 0 fully saturated rings. The molecule has 0 aliphatic rings. The first kappa shape index (κ1) is 11.4. The molecule has 3 N–H and O–H groups in total. The zero-order chi connectivity index (χ0) is 9.23. The Labute approximate surface area is 72.2 Å². The van der Waals surface area contributed by atoms with E-state index in [1.807, 2.05) is 0 Å². The Morgan fingerprint density at radius 3 is 2.75 bits per heavy atom. The first-order valence-corrected chi connectivity index (χ1v) is 3.84. The Morgan fingerprint density at radius 1 is 1.42 bits per heavy atom. The van der Waals surface area contributed by atoms with Crippen molar-refractivity contribution in [2.75, 3.05) is 40.0 Å². The Balaban J connectivity index is 2.95. The molecule has 0 rings (SSSR count). The van der Waals surface area contributed by atoms with Crippen LogP contribution in [0.15, 0.2) is 0 Å². The lowest BCUT2D eigenvalue weighted by molar-refractivity contribution is -0.119. The predicted octanol–water partition coefficient (Wildman–Crippen LogP) is -1.28. The van der Waals surface area contributed by atoms with Crippen LogP contribution in [0.3, 0.4) is 0 Å². The number of carbonyl (C=O) groups excluding carboxylic acids is 1. The molecule has 5 nitrogen and oxygen atoms in total. The molecule has 0 aromatic rings. The summed E-state index contributed by atoms with van der Waals surface area (Å²) in [5.74, 6) is -0.162. The van der Waals surface area contributed by atoms with Gasteiger partial charge in [0.2, 0.25) is 5.91 Å². The summed E-state index contributed by atoms with van der Waals surface area (Å²) in [7, 11) is 1.61. The quantitative estimate of drug-likeness (QED) is 0.474. The molecular formula is C7H16N2O3. The second-order valence-corrected chi connectivity index (χ2v) is 2.16. The maximum absolute atomic E-state index is 10.6. The molecule has 0 unspecified atom stereocenters. The topological polar surface area (TPSA) is 73.6 Å². The van der Waals surface area contributed by atoms with E-state index in [1.54, 1.807) is 7.11 Å². The second-order valence-electron chi connectivity index (χ2n) is 2.16. The second kappa shape index (κ2) is 8.45. The third kappa shape index (κ3) is 7.46. The van der Waals surface area contributed by atoms with Crippen molar-refractivity contribution in [3.63, 3.8) is 0 Å². The van der Waals surface area contributed by atoms with Gasteiger partial charge in [-0.05, 0) is 0 Å². The van der Waals surface area contributed by atoms with Gasteiger partial charge in [0.25, 0.3) is 0 Å². The molecule has 0 radical (unpaired) electrons. The molecule has 0 saturated heterocycles. The van der Waals surface area contributed by atoms with Crippen LogP contribution in [0.4, 0.5) is 0 Å². The van der Waals surface area contributed by atoms with Gasteiger partial charge in [-0.25, -0.2) is 0 Å². The number of ether oxygens (including phenoxy) is 2. The average molecular weight is 176 g/mol. The third-order valence-electron chi connectivity index (χ3n) is 1.19. The molecule has 0 aromatic carbocycles. The van der Waals surface area contributed by atoms with Crippen molar-refractivity contribution < 1.29 is 14.3 Å². The maximum atomic E-state index is 10.6. The molecule has 0 heterocycles. The molecule has 0 saturated carbocycles. The summed E-state index contributed by atoms with van der Waals surface area (Å²) >= 11 is 0. The lowest BCUT2D eigenvalue weighted by Crippen LogP contribution is -2.32. The van der Waals surface area contributed by atoms with Crippen LogP contribution in [0.2, 0.25) is 0 Å². The van der Waals surface area contributed by atoms with Crippen molar-refractivity contribution in [1.82, 2.24) is 5.32 Å². The Kier molecular flexibility index (Phi) is 7.99. The highest BCUT2D eigenvalue weighted by Crippen LogP contribution is 1.74. The van der Waals surface area contributed by atoms with Crippen molar-refractivity contribution in [2.24, 2.45) is 5.73 Å². The van der Waals surface area contributed by atoms with Gasteiger partial charge in [-0.15, -0.1) is 0 Å². The van der Waals surface area contributed by atoms with Crippen LogP contribution in [-0.2, 0) is 14.3 Å². The first-order chi connectivity index (χ1) is 5.81. The van der Waals surface area contributed by atoms with E-state index < -0.39 is 0 Å². The highest BCUT2D eigenvalue weighted by molar-refractivity contribution is 5.77. The summed E-state index contributed by atoms with van der Waals surface area (Å²) in [6.45, 7) is 2.15. The van der Waals surface area contributed by atoms with E-state index in [1.165, 1.54) is 0 Å². The fraction of sp³-hybridized carbons (Fsp3) is 0.857. The van der Waals surface area contributed by atoms with E-state index in [9.17, 15) is 4.79 Å². The molecular weight excluding hydrogens is 160 g/mol. The molecule has 12 heavy (non-hydrogen) atoms. The van der Waals surface area contributed by atoms with Gasteiger partial charge < -0.3 is 20.5 Å². The van der Waals surface area contributed by atoms with Crippen molar-refractivity contribution in [3.05, 3.63) is 0 Å². The molecule has 0 aliphatic carbocycles. The van der Waals surface area contributed by atoms with Crippen molar-refractivity contribution in [2.45, 2.75) is 0 Å². The average Bonchev–Trinajstić information content (AvgIpc) is 2.10. The van der Waals surface area contributed by atoms with Crippen LogP contribution >= 0.6 is 0 Å². The van der Waals surface area contributed by atoms with Crippen LogP contribution < -0.4 is 11.1 Å². The Bertz CT molecular complexity index is 119. The van der Waals surface area contributed by atoms with Gasteiger partial charge in [-0.1, -0.05) is 0 Å². The minimum absolute atomic E-state index is 0.0259.